The minimum absolute atomic E-state index is 0.0520. The molecule has 1 aliphatic rings. The van der Waals surface area contributed by atoms with Gasteiger partial charge in [-0.1, -0.05) is 31.5 Å². The van der Waals surface area contributed by atoms with Crippen LogP contribution >= 0.6 is 0 Å². The number of likely N-dealkylation sites (tertiary alicyclic amines) is 1. The van der Waals surface area contributed by atoms with Crippen LogP contribution in [0, 0.1) is 5.41 Å². The fourth-order valence-corrected chi connectivity index (χ4v) is 3.82. The van der Waals surface area contributed by atoms with Crippen molar-refractivity contribution in [1.29, 1.82) is 0 Å². The third-order valence-electron chi connectivity index (χ3n) is 5.23. The lowest BCUT2D eigenvalue weighted by Crippen LogP contribution is -2.57. The number of aliphatic hydroxyl groups excluding tert-OH is 1. The second-order valence-electron chi connectivity index (χ2n) is 6.82. The first-order valence-electron chi connectivity index (χ1n) is 8.72. The van der Waals surface area contributed by atoms with E-state index in [0.717, 1.165) is 0 Å². The number of nitrogens with zero attached hydrogens (tertiary/aromatic N) is 1. The van der Waals surface area contributed by atoms with Crippen molar-refractivity contribution in [3.63, 3.8) is 0 Å². The van der Waals surface area contributed by atoms with Gasteiger partial charge in [0.05, 0.1) is 11.7 Å². The van der Waals surface area contributed by atoms with Crippen molar-refractivity contribution in [1.82, 2.24) is 9.88 Å². The van der Waals surface area contributed by atoms with Gasteiger partial charge in [0.2, 0.25) is 0 Å². The Kier molecular flexibility index (Phi) is 4.82. The number of aliphatic carboxylic acids is 1. The summed E-state index contributed by atoms with van der Waals surface area (Å²) >= 11 is 0. The normalized spacial score (nSPS) is 23.2. The van der Waals surface area contributed by atoms with Crippen LogP contribution in [0.5, 0.6) is 0 Å². The van der Waals surface area contributed by atoms with Crippen molar-refractivity contribution in [2.45, 2.75) is 32.3 Å². The van der Waals surface area contributed by atoms with Crippen molar-refractivity contribution in [2.24, 2.45) is 5.41 Å². The fraction of sp³-hybridized carbons (Fsp3) is 0.421. The molecule has 1 aromatic carbocycles. The SMILES string of the molecule is CCC[C@@]1(C(=O)O)CN(C(=O)c2c[nH]c(=O)c3ccccc23)CC[C@@H]1O. The van der Waals surface area contributed by atoms with Gasteiger partial charge in [0.1, 0.15) is 5.41 Å². The summed E-state index contributed by atoms with van der Waals surface area (Å²) in [6.45, 7) is 2.07. The summed E-state index contributed by atoms with van der Waals surface area (Å²) in [5.74, 6) is -1.43. The van der Waals surface area contributed by atoms with E-state index in [-0.39, 0.29) is 31.0 Å². The zero-order valence-electron chi connectivity index (χ0n) is 14.6. The van der Waals surface area contributed by atoms with Crippen LogP contribution in [0.15, 0.2) is 35.3 Å². The molecule has 0 aliphatic carbocycles. The lowest BCUT2D eigenvalue weighted by molar-refractivity contribution is -0.162. The molecule has 0 radical (unpaired) electrons. The Morgan fingerprint density at radius 2 is 2.00 bits per heavy atom. The van der Waals surface area contributed by atoms with E-state index in [1.165, 1.54) is 11.1 Å². The summed E-state index contributed by atoms with van der Waals surface area (Å²) in [6, 6.07) is 6.81. The van der Waals surface area contributed by atoms with E-state index in [4.69, 9.17) is 0 Å². The molecule has 1 fully saturated rings. The first-order valence-corrected chi connectivity index (χ1v) is 8.72. The van der Waals surface area contributed by atoms with Gasteiger partial charge in [0.25, 0.3) is 11.5 Å². The smallest absolute Gasteiger partial charge is 0.314 e. The molecule has 3 N–H and O–H groups in total. The summed E-state index contributed by atoms with van der Waals surface area (Å²) in [4.78, 5) is 41.0. The molecule has 1 amide bonds. The number of carboxylic acid groups (broad SMARTS) is 1. The summed E-state index contributed by atoms with van der Waals surface area (Å²) in [7, 11) is 0. The number of rotatable bonds is 4. The fourth-order valence-electron chi connectivity index (χ4n) is 3.82. The molecule has 2 aromatic rings. The number of pyridine rings is 1. The predicted molar refractivity (Wildman–Crippen MR) is 96.1 cm³/mol. The van der Waals surface area contributed by atoms with Gasteiger partial charge in [-0.05, 0) is 18.9 Å². The molecule has 138 valence electrons. The lowest BCUT2D eigenvalue weighted by atomic mass is 9.74. The van der Waals surface area contributed by atoms with E-state index in [2.05, 4.69) is 4.98 Å². The minimum Gasteiger partial charge on any atom is -0.481 e. The predicted octanol–water partition coefficient (Wildman–Crippen LogP) is 1.61. The molecule has 7 nitrogen and oxygen atoms in total. The van der Waals surface area contributed by atoms with E-state index >= 15 is 0 Å². The van der Waals surface area contributed by atoms with Crippen LogP contribution in [0.2, 0.25) is 0 Å². The third-order valence-corrected chi connectivity index (χ3v) is 5.23. The number of carboxylic acids is 1. The second-order valence-corrected chi connectivity index (χ2v) is 6.82. The van der Waals surface area contributed by atoms with E-state index in [1.54, 1.807) is 24.3 Å². The summed E-state index contributed by atoms with van der Waals surface area (Å²) in [5, 5.41) is 21.0. The average molecular weight is 358 g/mol. The van der Waals surface area contributed by atoms with Crippen molar-refractivity contribution in [3.8, 4) is 0 Å². The van der Waals surface area contributed by atoms with E-state index in [9.17, 15) is 24.6 Å². The number of aromatic amines is 1. The lowest BCUT2D eigenvalue weighted by Gasteiger charge is -2.43. The number of hydrogen-bond donors (Lipinski definition) is 3. The van der Waals surface area contributed by atoms with Crippen LogP contribution in [-0.4, -0.2) is 51.2 Å². The number of hydrogen-bond acceptors (Lipinski definition) is 4. The number of carbonyl (C=O) groups excluding carboxylic acids is 1. The van der Waals surface area contributed by atoms with Gasteiger partial charge in [0.15, 0.2) is 0 Å². The van der Waals surface area contributed by atoms with Gasteiger partial charge in [-0.3, -0.25) is 14.4 Å². The van der Waals surface area contributed by atoms with E-state index < -0.39 is 17.5 Å². The highest BCUT2D eigenvalue weighted by molar-refractivity contribution is 6.06. The molecule has 26 heavy (non-hydrogen) atoms. The Morgan fingerprint density at radius 3 is 2.65 bits per heavy atom. The highest BCUT2D eigenvalue weighted by atomic mass is 16.4. The molecule has 3 rings (SSSR count). The van der Waals surface area contributed by atoms with E-state index in [1.807, 2.05) is 6.92 Å². The number of piperidine rings is 1. The highest BCUT2D eigenvalue weighted by Gasteiger charge is 2.49. The number of H-pyrrole nitrogens is 1. The first-order chi connectivity index (χ1) is 12.4. The molecule has 0 saturated carbocycles. The van der Waals surface area contributed by atoms with Crippen LogP contribution < -0.4 is 5.56 Å². The quantitative estimate of drug-likeness (QED) is 0.769. The number of aliphatic hydroxyl groups is 1. The molecule has 1 aromatic heterocycles. The second kappa shape index (κ2) is 6.92. The number of amides is 1. The third kappa shape index (κ3) is 2.88. The molecule has 1 aliphatic heterocycles. The van der Waals surface area contributed by atoms with Gasteiger partial charge in [-0.2, -0.15) is 0 Å². The van der Waals surface area contributed by atoms with Crippen LogP contribution in [0.25, 0.3) is 10.8 Å². The Labute approximate surface area is 150 Å². The molecule has 7 heteroatoms. The average Bonchev–Trinajstić information content (AvgIpc) is 2.63. The van der Waals surface area contributed by atoms with Gasteiger partial charge >= 0.3 is 5.97 Å². The van der Waals surface area contributed by atoms with Crippen molar-refractivity contribution >= 4 is 22.6 Å². The van der Waals surface area contributed by atoms with Crippen molar-refractivity contribution in [3.05, 3.63) is 46.4 Å². The molecule has 0 spiro atoms. The highest BCUT2D eigenvalue weighted by Crippen LogP contribution is 2.36. The zero-order valence-corrected chi connectivity index (χ0v) is 14.6. The van der Waals surface area contributed by atoms with Gasteiger partial charge in [-0.15, -0.1) is 0 Å². The molecular formula is C19H22N2O5. The Morgan fingerprint density at radius 1 is 1.31 bits per heavy atom. The molecule has 0 bridgehead atoms. The van der Waals surface area contributed by atoms with Crippen molar-refractivity contribution in [2.75, 3.05) is 13.1 Å². The number of fused-ring (bicyclic) bond motifs is 1. The Balaban J connectivity index is 2.00. The summed E-state index contributed by atoms with van der Waals surface area (Å²) in [6.07, 6.45) is 1.48. The number of benzene rings is 1. The zero-order chi connectivity index (χ0) is 18.9. The maximum atomic E-state index is 13.1. The molecule has 2 heterocycles. The topological polar surface area (TPSA) is 111 Å². The summed E-state index contributed by atoms with van der Waals surface area (Å²) in [5.41, 5.74) is -1.31. The van der Waals surface area contributed by atoms with Crippen LogP contribution in [-0.2, 0) is 4.79 Å². The number of aromatic nitrogens is 1. The number of nitrogens with one attached hydrogen (secondary N) is 1. The Hall–Kier alpha value is -2.67. The molecule has 0 unspecified atom stereocenters. The minimum atomic E-state index is -1.36. The van der Waals surface area contributed by atoms with Crippen LogP contribution in [0.4, 0.5) is 0 Å². The standard InChI is InChI=1S/C19H22N2O5/c1-2-8-19(18(25)26)11-21(9-7-15(19)22)17(24)14-10-20-16(23)13-6-4-3-5-12(13)14/h3-6,10,15,22H,2,7-9,11H2,1H3,(H,20,23)(H,25,26)/t15-,19+/m0/s1. The Bertz CT molecular complexity index is 906. The largest absolute Gasteiger partial charge is 0.481 e. The summed E-state index contributed by atoms with van der Waals surface area (Å²) < 4.78 is 0. The number of carbonyl (C=O) groups is 2. The van der Waals surface area contributed by atoms with E-state index in [0.29, 0.717) is 29.2 Å². The van der Waals surface area contributed by atoms with Gasteiger partial charge in [-0.25, -0.2) is 0 Å². The molecular weight excluding hydrogens is 336 g/mol. The van der Waals surface area contributed by atoms with Crippen molar-refractivity contribution < 1.29 is 19.8 Å². The molecule has 2 atom stereocenters. The molecule has 1 saturated heterocycles. The van der Waals surface area contributed by atoms with Gasteiger partial charge in [0, 0.05) is 30.1 Å². The maximum absolute atomic E-state index is 13.1. The van der Waals surface area contributed by atoms with Crippen LogP contribution in [0.1, 0.15) is 36.5 Å². The van der Waals surface area contributed by atoms with Crippen LogP contribution in [0.3, 0.4) is 0 Å². The first kappa shape index (κ1) is 18.1. The maximum Gasteiger partial charge on any atom is 0.314 e. The van der Waals surface area contributed by atoms with Gasteiger partial charge < -0.3 is 20.1 Å². The monoisotopic (exact) mass is 358 g/mol.